The van der Waals surface area contributed by atoms with E-state index in [0.717, 1.165) is 0 Å². The fourth-order valence-corrected chi connectivity index (χ4v) is 6.44. The lowest BCUT2D eigenvalue weighted by Crippen LogP contribution is -2.39. The van der Waals surface area contributed by atoms with Gasteiger partial charge in [-0.1, -0.05) is 54.0 Å². The Bertz CT molecular complexity index is 266. The molecule has 1 aliphatic heterocycles. The summed E-state index contributed by atoms with van der Waals surface area (Å²) in [6.45, 7) is 11.7. The second-order valence-corrected chi connectivity index (χ2v) is 8.12. The van der Waals surface area contributed by atoms with Gasteiger partial charge in [-0.05, 0) is 38.5 Å². The van der Waals surface area contributed by atoms with Crippen LogP contribution in [0.25, 0.3) is 0 Å². The molecule has 1 unspecified atom stereocenters. The summed E-state index contributed by atoms with van der Waals surface area (Å²) in [6, 6.07) is 0. The predicted octanol–water partition coefficient (Wildman–Crippen LogP) is 5.07. The Morgan fingerprint density at radius 1 is 1.12 bits per heavy atom. The first-order valence-electron chi connectivity index (χ1n) is 7.35. The molecule has 0 saturated heterocycles. The van der Waals surface area contributed by atoms with Gasteiger partial charge in [0, 0.05) is 5.70 Å². The summed E-state index contributed by atoms with van der Waals surface area (Å²) in [5, 5.41) is 4.37. The van der Waals surface area contributed by atoms with E-state index in [1.165, 1.54) is 50.1 Å². The molecule has 1 nitrogen and oxygen atoms in total. The summed E-state index contributed by atoms with van der Waals surface area (Å²) in [7, 11) is 0.142. The molecule has 0 bridgehead atoms. The van der Waals surface area contributed by atoms with Gasteiger partial charge < -0.3 is 5.32 Å². The van der Waals surface area contributed by atoms with Crippen molar-refractivity contribution in [2.24, 2.45) is 0 Å². The maximum atomic E-state index is 3.93. The monoisotopic (exact) mass is 255 g/mol. The molecular weight excluding hydrogens is 225 g/mol. The highest BCUT2D eigenvalue weighted by atomic mass is 31.1. The van der Waals surface area contributed by atoms with Gasteiger partial charge in [-0.3, -0.25) is 0 Å². The molecule has 0 amide bonds. The molecule has 0 aromatic rings. The summed E-state index contributed by atoms with van der Waals surface area (Å²) < 4.78 is 0. The van der Waals surface area contributed by atoms with Gasteiger partial charge in [-0.25, -0.2) is 0 Å². The standard InChI is InChI=1S/C15H30NP/c1-6-10-17(11-7-2)15(9-4)12-13(5)14(8-3)16-15/h16H,6-12H2,1-5H3. The molecule has 0 fully saturated rings. The van der Waals surface area contributed by atoms with Gasteiger partial charge in [0.25, 0.3) is 0 Å². The highest BCUT2D eigenvalue weighted by Gasteiger charge is 2.40. The fraction of sp³-hybridized carbons (Fsp3) is 0.867. The minimum atomic E-state index is 0.142. The van der Waals surface area contributed by atoms with Crippen LogP contribution in [0.2, 0.25) is 0 Å². The van der Waals surface area contributed by atoms with Crippen LogP contribution in [-0.2, 0) is 0 Å². The Kier molecular flexibility index (Phi) is 6.00. The Morgan fingerprint density at radius 3 is 2.06 bits per heavy atom. The molecule has 1 N–H and O–H groups in total. The first-order valence-corrected chi connectivity index (χ1v) is 9.06. The summed E-state index contributed by atoms with van der Waals surface area (Å²) in [5.74, 6) is 0. The first-order chi connectivity index (χ1) is 8.13. The van der Waals surface area contributed by atoms with Crippen LogP contribution < -0.4 is 5.32 Å². The number of nitrogens with one attached hydrogen (secondary N) is 1. The van der Waals surface area contributed by atoms with E-state index >= 15 is 0 Å². The molecule has 1 rings (SSSR count). The van der Waals surface area contributed by atoms with Crippen LogP contribution in [0.5, 0.6) is 0 Å². The third-order valence-corrected chi connectivity index (χ3v) is 7.76. The van der Waals surface area contributed by atoms with Gasteiger partial charge >= 0.3 is 0 Å². The van der Waals surface area contributed by atoms with Crippen LogP contribution in [0.15, 0.2) is 11.3 Å². The molecule has 0 aromatic heterocycles. The van der Waals surface area contributed by atoms with Crippen LogP contribution >= 0.6 is 7.92 Å². The molecule has 0 aliphatic carbocycles. The Labute approximate surface area is 109 Å². The lowest BCUT2D eigenvalue weighted by Gasteiger charge is -2.39. The highest BCUT2D eigenvalue weighted by Crippen LogP contribution is 2.56. The Balaban J connectivity index is 2.82. The molecule has 2 heteroatoms. The van der Waals surface area contributed by atoms with Crippen molar-refractivity contribution < 1.29 is 0 Å². The van der Waals surface area contributed by atoms with Crippen LogP contribution in [0.3, 0.4) is 0 Å². The number of allylic oxidation sites excluding steroid dienone is 1. The smallest absolute Gasteiger partial charge is 0.0600 e. The van der Waals surface area contributed by atoms with E-state index in [0.29, 0.717) is 5.28 Å². The average Bonchev–Trinajstić information content (AvgIpc) is 2.67. The highest BCUT2D eigenvalue weighted by molar-refractivity contribution is 7.59. The topological polar surface area (TPSA) is 12.0 Å². The van der Waals surface area contributed by atoms with Crippen LogP contribution in [-0.4, -0.2) is 17.6 Å². The van der Waals surface area contributed by atoms with Gasteiger partial charge in [0.05, 0.1) is 5.28 Å². The van der Waals surface area contributed by atoms with E-state index in [4.69, 9.17) is 0 Å². The third-order valence-electron chi connectivity index (χ3n) is 3.99. The largest absolute Gasteiger partial charge is 0.379 e. The van der Waals surface area contributed by atoms with E-state index in [9.17, 15) is 0 Å². The fourth-order valence-electron chi connectivity index (χ4n) is 3.07. The molecule has 0 spiro atoms. The molecule has 0 aromatic carbocycles. The molecule has 17 heavy (non-hydrogen) atoms. The minimum absolute atomic E-state index is 0.142. The lowest BCUT2D eigenvalue weighted by atomic mass is 10.1. The maximum Gasteiger partial charge on any atom is 0.0600 e. The molecular formula is C15H30NP. The van der Waals surface area contributed by atoms with Gasteiger partial charge in [0.1, 0.15) is 0 Å². The van der Waals surface area contributed by atoms with Gasteiger partial charge in [-0.2, -0.15) is 0 Å². The zero-order valence-corrected chi connectivity index (χ0v) is 13.3. The molecule has 100 valence electrons. The third kappa shape index (κ3) is 3.25. The van der Waals surface area contributed by atoms with Gasteiger partial charge in [-0.15, -0.1) is 0 Å². The molecule has 1 heterocycles. The van der Waals surface area contributed by atoms with Crippen LogP contribution in [0.1, 0.15) is 66.7 Å². The van der Waals surface area contributed by atoms with Crippen molar-refractivity contribution in [3.63, 3.8) is 0 Å². The predicted molar refractivity (Wildman–Crippen MR) is 81.0 cm³/mol. The number of hydrogen-bond donors (Lipinski definition) is 1. The van der Waals surface area contributed by atoms with Crippen LogP contribution in [0.4, 0.5) is 0 Å². The quantitative estimate of drug-likeness (QED) is 0.626. The zero-order valence-electron chi connectivity index (χ0n) is 12.4. The van der Waals surface area contributed by atoms with E-state index < -0.39 is 0 Å². The Hall–Kier alpha value is -0.0300. The van der Waals surface area contributed by atoms with E-state index in [-0.39, 0.29) is 7.92 Å². The molecule has 1 aliphatic rings. The van der Waals surface area contributed by atoms with Crippen molar-refractivity contribution >= 4 is 7.92 Å². The van der Waals surface area contributed by atoms with Crippen molar-refractivity contribution in [2.75, 3.05) is 12.3 Å². The van der Waals surface area contributed by atoms with Crippen molar-refractivity contribution in [2.45, 2.75) is 72.0 Å². The van der Waals surface area contributed by atoms with Crippen molar-refractivity contribution in [3.8, 4) is 0 Å². The number of hydrogen-bond acceptors (Lipinski definition) is 1. The summed E-state index contributed by atoms with van der Waals surface area (Å²) in [5.41, 5.74) is 3.15. The zero-order chi connectivity index (χ0) is 12.9. The van der Waals surface area contributed by atoms with Gasteiger partial charge in [0.15, 0.2) is 0 Å². The molecule has 0 radical (unpaired) electrons. The van der Waals surface area contributed by atoms with Crippen molar-refractivity contribution in [1.82, 2.24) is 5.32 Å². The maximum absolute atomic E-state index is 3.93. The molecule has 0 saturated carbocycles. The lowest BCUT2D eigenvalue weighted by molar-refractivity contribution is 0.513. The average molecular weight is 255 g/mol. The number of rotatable bonds is 7. The van der Waals surface area contributed by atoms with E-state index in [1.807, 2.05) is 0 Å². The van der Waals surface area contributed by atoms with E-state index in [1.54, 1.807) is 5.57 Å². The van der Waals surface area contributed by atoms with Crippen LogP contribution in [0, 0.1) is 0 Å². The summed E-state index contributed by atoms with van der Waals surface area (Å²) in [6.07, 6.45) is 9.33. The van der Waals surface area contributed by atoms with Crippen molar-refractivity contribution in [1.29, 1.82) is 0 Å². The van der Waals surface area contributed by atoms with E-state index in [2.05, 4.69) is 39.9 Å². The second kappa shape index (κ2) is 6.78. The summed E-state index contributed by atoms with van der Waals surface area (Å²) >= 11 is 0. The molecule has 1 atom stereocenters. The second-order valence-electron chi connectivity index (χ2n) is 5.29. The first kappa shape index (κ1) is 15.0. The summed E-state index contributed by atoms with van der Waals surface area (Å²) in [4.78, 5) is 0. The van der Waals surface area contributed by atoms with Gasteiger partial charge in [0.2, 0.25) is 0 Å². The normalized spacial score (nSPS) is 24.6. The van der Waals surface area contributed by atoms with Crippen molar-refractivity contribution in [3.05, 3.63) is 11.3 Å². The SMILES string of the molecule is CCCP(CCC)C1(CC)CC(C)=C(CC)N1. The Morgan fingerprint density at radius 2 is 1.71 bits per heavy atom. The minimum Gasteiger partial charge on any atom is -0.379 e.